The minimum absolute atomic E-state index is 0.127. The van der Waals surface area contributed by atoms with Crippen molar-refractivity contribution >= 4 is 29.1 Å². The third-order valence-corrected chi connectivity index (χ3v) is 8.08. The first-order valence-corrected chi connectivity index (χ1v) is 12.4. The number of pyridine rings is 1. The van der Waals surface area contributed by atoms with Gasteiger partial charge < -0.3 is 4.90 Å². The molecule has 0 amide bonds. The molecule has 1 fully saturated rings. The molecule has 178 valence electrons. The lowest BCUT2D eigenvalue weighted by Gasteiger charge is -2.37. The second kappa shape index (κ2) is 7.93. The number of rotatable bonds is 3. The largest absolute Gasteiger partial charge is 0.352 e. The number of benzene rings is 3. The van der Waals surface area contributed by atoms with Gasteiger partial charge in [0.2, 0.25) is 0 Å². The maximum Gasteiger partial charge on any atom is 0.185 e. The summed E-state index contributed by atoms with van der Waals surface area (Å²) in [5, 5.41) is 0. The van der Waals surface area contributed by atoms with Crippen LogP contribution < -0.4 is 4.90 Å². The summed E-state index contributed by atoms with van der Waals surface area (Å²) in [6.45, 7) is 0. The van der Waals surface area contributed by atoms with Crippen molar-refractivity contribution in [2.24, 2.45) is 5.41 Å². The Hall–Kier alpha value is -4.64. The number of aromatic nitrogens is 1. The van der Waals surface area contributed by atoms with Crippen molar-refractivity contribution in [2.75, 3.05) is 4.90 Å². The second-order valence-corrected chi connectivity index (χ2v) is 9.78. The first kappa shape index (κ1) is 21.6. The standard InChI is InChI=1S/C32H22N2O3/c35-29(21-10-2-1-3-11-21)28-27(22-12-8-18-33-19-22)32(30(36)23-13-5-6-14-24(23)31(32)37)26-17-16-20-9-4-7-15-25(20)34(26)28/h1-19,26-28H/t26-,27-,28-/m0/s1. The van der Waals surface area contributed by atoms with Gasteiger partial charge in [0.05, 0.1) is 6.04 Å². The molecule has 0 unspecified atom stereocenters. The molecule has 0 saturated carbocycles. The molecule has 1 aromatic heterocycles. The normalized spacial score (nSPS) is 22.6. The Morgan fingerprint density at radius 3 is 2.16 bits per heavy atom. The average molecular weight is 483 g/mol. The molecule has 3 atom stereocenters. The van der Waals surface area contributed by atoms with Crippen LogP contribution in [0.15, 0.2) is 109 Å². The monoisotopic (exact) mass is 482 g/mol. The first-order chi connectivity index (χ1) is 18.1. The molecule has 3 aliphatic rings. The van der Waals surface area contributed by atoms with E-state index in [9.17, 15) is 14.4 Å². The fraction of sp³-hybridized carbons (Fsp3) is 0.125. The Kier molecular flexibility index (Phi) is 4.64. The molecule has 3 aromatic carbocycles. The summed E-state index contributed by atoms with van der Waals surface area (Å²) in [6, 6.07) is 26.2. The zero-order chi connectivity index (χ0) is 25.1. The predicted molar refractivity (Wildman–Crippen MR) is 141 cm³/mol. The van der Waals surface area contributed by atoms with Gasteiger partial charge in [-0.2, -0.15) is 0 Å². The quantitative estimate of drug-likeness (QED) is 0.289. The second-order valence-electron chi connectivity index (χ2n) is 9.78. The van der Waals surface area contributed by atoms with E-state index in [0.29, 0.717) is 22.3 Å². The van der Waals surface area contributed by atoms with Crippen LogP contribution in [-0.2, 0) is 0 Å². The van der Waals surface area contributed by atoms with Crippen molar-refractivity contribution < 1.29 is 14.4 Å². The molecule has 1 aliphatic carbocycles. The first-order valence-electron chi connectivity index (χ1n) is 12.4. The third-order valence-electron chi connectivity index (χ3n) is 8.08. The molecule has 2 aliphatic heterocycles. The van der Waals surface area contributed by atoms with Gasteiger partial charge in [0.1, 0.15) is 11.5 Å². The van der Waals surface area contributed by atoms with Gasteiger partial charge in [-0.25, -0.2) is 0 Å². The number of hydrogen-bond donors (Lipinski definition) is 0. The maximum absolute atomic E-state index is 14.5. The van der Waals surface area contributed by atoms with Gasteiger partial charge in [0.25, 0.3) is 0 Å². The van der Waals surface area contributed by atoms with Crippen LogP contribution in [0, 0.1) is 5.41 Å². The van der Waals surface area contributed by atoms with E-state index in [1.807, 2.05) is 65.6 Å². The van der Waals surface area contributed by atoms with Gasteiger partial charge in [-0.05, 0) is 23.3 Å². The molecule has 5 nitrogen and oxygen atoms in total. The molecule has 0 radical (unpaired) electrons. The zero-order valence-electron chi connectivity index (χ0n) is 19.8. The highest BCUT2D eigenvalue weighted by Gasteiger charge is 2.71. The Labute approximate surface area is 214 Å². The molecule has 3 heterocycles. The fourth-order valence-electron chi connectivity index (χ4n) is 6.62. The molecule has 4 aromatic rings. The fourth-order valence-corrected chi connectivity index (χ4v) is 6.62. The molecule has 0 N–H and O–H groups in total. The van der Waals surface area contributed by atoms with E-state index in [1.165, 1.54) is 0 Å². The minimum Gasteiger partial charge on any atom is -0.352 e. The number of anilines is 1. The van der Waals surface area contributed by atoms with Crippen LogP contribution in [0.1, 0.15) is 48.1 Å². The van der Waals surface area contributed by atoms with E-state index in [4.69, 9.17) is 0 Å². The van der Waals surface area contributed by atoms with Crippen LogP contribution in [0.5, 0.6) is 0 Å². The van der Waals surface area contributed by atoms with Crippen LogP contribution in [0.3, 0.4) is 0 Å². The lowest BCUT2D eigenvalue weighted by atomic mass is 9.64. The molecule has 1 saturated heterocycles. The van der Waals surface area contributed by atoms with Crippen LogP contribution in [-0.4, -0.2) is 34.4 Å². The van der Waals surface area contributed by atoms with Crippen molar-refractivity contribution in [3.05, 3.63) is 137 Å². The van der Waals surface area contributed by atoms with Crippen molar-refractivity contribution in [3.63, 3.8) is 0 Å². The van der Waals surface area contributed by atoms with Crippen molar-refractivity contribution in [2.45, 2.75) is 18.0 Å². The average Bonchev–Trinajstić information content (AvgIpc) is 3.40. The number of nitrogens with zero attached hydrogens (tertiary/aromatic N) is 2. The molecule has 0 bridgehead atoms. The Balaban J connectivity index is 1.56. The molecule has 5 heteroatoms. The highest BCUT2D eigenvalue weighted by atomic mass is 16.2. The van der Waals surface area contributed by atoms with Crippen molar-refractivity contribution in [1.82, 2.24) is 4.98 Å². The topological polar surface area (TPSA) is 67.3 Å². The number of carbonyl (C=O) groups is 3. The lowest BCUT2D eigenvalue weighted by molar-refractivity contribution is 0.0666. The number of ketones is 3. The van der Waals surface area contributed by atoms with Gasteiger partial charge >= 0.3 is 0 Å². The number of carbonyl (C=O) groups excluding carboxylic acids is 3. The van der Waals surface area contributed by atoms with E-state index in [1.54, 1.807) is 54.9 Å². The Morgan fingerprint density at radius 2 is 1.46 bits per heavy atom. The SMILES string of the molecule is O=C(c1ccccc1)[C@@H]1[C@H](c2cccnc2)C2(C(=O)c3ccccc3C2=O)[C@@H]2C=Cc3ccccc3N12. The van der Waals surface area contributed by atoms with E-state index in [2.05, 4.69) is 4.98 Å². The van der Waals surface area contributed by atoms with Gasteiger partial charge in [-0.3, -0.25) is 19.4 Å². The smallest absolute Gasteiger partial charge is 0.185 e. The summed E-state index contributed by atoms with van der Waals surface area (Å²) in [7, 11) is 0. The van der Waals surface area contributed by atoms with Crippen LogP contribution in [0.4, 0.5) is 5.69 Å². The van der Waals surface area contributed by atoms with E-state index in [-0.39, 0.29) is 17.3 Å². The summed E-state index contributed by atoms with van der Waals surface area (Å²) in [6.07, 6.45) is 7.26. The van der Waals surface area contributed by atoms with Crippen LogP contribution >= 0.6 is 0 Å². The van der Waals surface area contributed by atoms with Gasteiger partial charge in [-0.15, -0.1) is 0 Å². The summed E-state index contributed by atoms with van der Waals surface area (Å²) in [5.74, 6) is -1.33. The number of hydrogen-bond acceptors (Lipinski definition) is 5. The highest BCUT2D eigenvalue weighted by Crippen LogP contribution is 2.60. The summed E-state index contributed by atoms with van der Waals surface area (Å²) in [5.41, 5.74) is 2.37. The van der Waals surface area contributed by atoms with E-state index in [0.717, 1.165) is 11.3 Å². The minimum atomic E-state index is -1.49. The summed E-state index contributed by atoms with van der Waals surface area (Å²) >= 11 is 0. The molecule has 1 spiro atoms. The Bertz CT molecular complexity index is 1570. The number of Topliss-reactive ketones (excluding diaryl/α,β-unsaturated/α-hetero) is 3. The Morgan fingerprint density at radius 1 is 0.784 bits per heavy atom. The van der Waals surface area contributed by atoms with Crippen molar-refractivity contribution in [3.8, 4) is 0 Å². The van der Waals surface area contributed by atoms with Gasteiger partial charge in [-0.1, -0.05) is 91.0 Å². The number of para-hydroxylation sites is 1. The van der Waals surface area contributed by atoms with E-state index < -0.39 is 23.4 Å². The van der Waals surface area contributed by atoms with E-state index >= 15 is 0 Å². The zero-order valence-corrected chi connectivity index (χ0v) is 19.8. The molecular formula is C32H22N2O3. The van der Waals surface area contributed by atoms with Crippen molar-refractivity contribution in [1.29, 1.82) is 0 Å². The molecular weight excluding hydrogens is 460 g/mol. The van der Waals surface area contributed by atoms with Gasteiger partial charge in [0, 0.05) is 40.7 Å². The highest BCUT2D eigenvalue weighted by molar-refractivity contribution is 6.32. The predicted octanol–water partition coefficient (Wildman–Crippen LogP) is 5.40. The lowest BCUT2D eigenvalue weighted by Crippen LogP contribution is -2.48. The molecule has 7 rings (SSSR count). The summed E-state index contributed by atoms with van der Waals surface area (Å²) < 4.78 is 0. The maximum atomic E-state index is 14.5. The third kappa shape index (κ3) is 2.79. The summed E-state index contributed by atoms with van der Waals surface area (Å²) in [4.78, 5) is 49.7. The van der Waals surface area contributed by atoms with Crippen LogP contribution in [0.25, 0.3) is 6.08 Å². The number of fused-ring (bicyclic) bond motifs is 5. The van der Waals surface area contributed by atoms with Gasteiger partial charge in [0.15, 0.2) is 17.3 Å². The van der Waals surface area contributed by atoms with Crippen LogP contribution in [0.2, 0.25) is 0 Å². The molecule has 37 heavy (non-hydrogen) atoms.